The summed E-state index contributed by atoms with van der Waals surface area (Å²) >= 11 is 0. The maximum Gasteiger partial charge on any atom is 0.335 e. The number of rotatable bonds is 5. The molecule has 0 saturated heterocycles. The highest BCUT2D eigenvalue weighted by atomic mass is 16.5. The normalized spacial score (nSPS) is 47.6. The Hall–Kier alpha value is -0.910. The number of aliphatic carboxylic acids is 1. The predicted molar refractivity (Wildman–Crippen MR) is 110 cm³/mol. The lowest BCUT2D eigenvalue weighted by molar-refractivity contribution is -0.199. The zero-order valence-electron chi connectivity index (χ0n) is 18.4. The van der Waals surface area contributed by atoms with Gasteiger partial charge in [-0.15, -0.1) is 0 Å². The topological polar surface area (TPSA) is 76.0 Å². The average molecular weight is 407 g/mol. The van der Waals surface area contributed by atoms with E-state index in [9.17, 15) is 15.0 Å². The Kier molecular flexibility index (Phi) is 5.40. The van der Waals surface area contributed by atoms with Crippen molar-refractivity contribution in [3.05, 3.63) is 11.6 Å². The van der Waals surface area contributed by atoms with Crippen LogP contribution in [0, 0.1) is 28.6 Å². The first-order valence-corrected chi connectivity index (χ1v) is 11.5. The van der Waals surface area contributed by atoms with E-state index in [1.54, 1.807) is 5.57 Å². The van der Waals surface area contributed by atoms with E-state index in [-0.39, 0.29) is 5.41 Å². The Morgan fingerprint density at radius 1 is 1.21 bits per heavy atom. The van der Waals surface area contributed by atoms with Gasteiger partial charge in [0.25, 0.3) is 0 Å². The molecule has 3 fully saturated rings. The molecule has 5 nitrogen and oxygen atoms in total. The molecular weight excluding hydrogens is 368 g/mol. The van der Waals surface area contributed by atoms with Gasteiger partial charge in [0, 0.05) is 19.1 Å². The molecule has 2 unspecified atom stereocenters. The molecule has 4 aliphatic rings. The molecule has 0 bridgehead atoms. The summed E-state index contributed by atoms with van der Waals surface area (Å²) in [5.74, 6) is 0.441. The van der Waals surface area contributed by atoms with Gasteiger partial charge in [0.05, 0.1) is 6.10 Å². The van der Waals surface area contributed by atoms with Crippen molar-refractivity contribution in [1.82, 2.24) is 0 Å². The molecule has 2 N–H and O–H groups in total. The SMILES string of the molecule is CCOC1CC[C@@]2(C)C(=CC[C@@H]3[C@@H]2CC[C@@]2(C)[C@H]3CC[C@]2(O)C(OC)C(=O)O)C1. The van der Waals surface area contributed by atoms with E-state index in [1.807, 2.05) is 0 Å². The minimum atomic E-state index is -1.29. The summed E-state index contributed by atoms with van der Waals surface area (Å²) in [4.78, 5) is 11.8. The Labute approximate surface area is 174 Å². The number of allylic oxidation sites excluding steroid dienone is 1. The van der Waals surface area contributed by atoms with Crippen LogP contribution >= 0.6 is 0 Å². The number of hydrogen-bond acceptors (Lipinski definition) is 4. The maximum absolute atomic E-state index is 11.8. The van der Waals surface area contributed by atoms with E-state index >= 15 is 0 Å². The van der Waals surface area contributed by atoms with Crippen molar-refractivity contribution >= 4 is 5.97 Å². The van der Waals surface area contributed by atoms with Crippen LogP contribution in [0.3, 0.4) is 0 Å². The lowest BCUT2D eigenvalue weighted by Crippen LogP contribution is -2.60. The molecule has 5 heteroatoms. The van der Waals surface area contributed by atoms with Crippen molar-refractivity contribution in [2.45, 2.75) is 89.9 Å². The summed E-state index contributed by atoms with van der Waals surface area (Å²) < 4.78 is 11.3. The van der Waals surface area contributed by atoms with Crippen LogP contribution in [0.2, 0.25) is 0 Å². The summed E-state index contributed by atoms with van der Waals surface area (Å²) in [6.07, 6.45) is 9.43. The van der Waals surface area contributed by atoms with Gasteiger partial charge in [0.1, 0.15) is 5.60 Å². The molecule has 164 valence electrons. The average Bonchev–Trinajstić information content (AvgIpc) is 2.94. The van der Waals surface area contributed by atoms with Gasteiger partial charge in [-0.1, -0.05) is 25.5 Å². The molecule has 0 aromatic heterocycles. The highest BCUT2D eigenvalue weighted by Crippen LogP contribution is 2.67. The molecule has 0 aliphatic heterocycles. The second kappa shape index (κ2) is 7.35. The van der Waals surface area contributed by atoms with Crippen molar-refractivity contribution < 1.29 is 24.5 Å². The predicted octanol–water partition coefficient (Wildman–Crippen LogP) is 4.19. The Morgan fingerprint density at radius 3 is 2.59 bits per heavy atom. The number of carboxylic acids is 1. The van der Waals surface area contributed by atoms with Crippen molar-refractivity contribution in [3.8, 4) is 0 Å². The van der Waals surface area contributed by atoms with Crippen LogP contribution in [0.25, 0.3) is 0 Å². The Bertz CT molecular complexity index is 689. The fourth-order valence-electron chi connectivity index (χ4n) is 7.99. The molecule has 3 saturated carbocycles. The molecule has 0 aromatic carbocycles. The Morgan fingerprint density at radius 2 is 1.93 bits per heavy atom. The lowest BCUT2D eigenvalue weighted by atomic mass is 9.46. The van der Waals surface area contributed by atoms with Gasteiger partial charge in [-0.2, -0.15) is 0 Å². The highest BCUT2D eigenvalue weighted by molar-refractivity contribution is 5.74. The molecule has 8 atom stereocenters. The molecule has 4 aliphatic carbocycles. The van der Waals surface area contributed by atoms with Gasteiger partial charge in [-0.3, -0.25) is 0 Å². The van der Waals surface area contributed by atoms with E-state index in [4.69, 9.17) is 9.47 Å². The first-order valence-electron chi connectivity index (χ1n) is 11.5. The van der Waals surface area contributed by atoms with Crippen LogP contribution in [0.4, 0.5) is 0 Å². The second-order valence-electron chi connectivity index (χ2n) is 10.5. The number of ether oxygens (including phenoxy) is 2. The summed E-state index contributed by atoms with van der Waals surface area (Å²) in [5.41, 5.74) is 0.116. The van der Waals surface area contributed by atoms with Gasteiger partial charge in [-0.05, 0) is 81.5 Å². The van der Waals surface area contributed by atoms with E-state index < -0.39 is 23.1 Å². The number of aliphatic hydroxyl groups is 1. The molecule has 0 amide bonds. The first kappa shape index (κ1) is 21.3. The van der Waals surface area contributed by atoms with Gasteiger partial charge < -0.3 is 19.7 Å². The van der Waals surface area contributed by atoms with Gasteiger partial charge in [-0.25, -0.2) is 4.79 Å². The summed E-state index contributed by atoms with van der Waals surface area (Å²) in [5, 5.41) is 21.3. The zero-order chi connectivity index (χ0) is 21.0. The minimum absolute atomic E-state index is 0.228. The molecule has 0 aromatic rings. The summed E-state index contributed by atoms with van der Waals surface area (Å²) in [6, 6.07) is 0. The molecule has 0 radical (unpaired) electrons. The zero-order valence-corrected chi connectivity index (χ0v) is 18.4. The first-order chi connectivity index (χ1) is 13.7. The number of hydrogen-bond donors (Lipinski definition) is 2. The van der Waals surface area contributed by atoms with Crippen LogP contribution in [-0.4, -0.2) is 47.7 Å². The third kappa shape index (κ3) is 2.95. The maximum atomic E-state index is 11.8. The quantitative estimate of drug-likeness (QED) is 0.670. The van der Waals surface area contributed by atoms with Crippen molar-refractivity contribution in [3.63, 3.8) is 0 Å². The molecule has 29 heavy (non-hydrogen) atoms. The van der Waals surface area contributed by atoms with Crippen molar-refractivity contribution in [2.75, 3.05) is 13.7 Å². The van der Waals surface area contributed by atoms with Crippen molar-refractivity contribution in [2.24, 2.45) is 28.6 Å². The number of fused-ring (bicyclic) bond motifs is 5. The van der Waals surface area contributed by atoms with Gasteiger partial charge in [0.15, 0.2) is 6.10 Å². The highest BCUT2D eigenvalue weighted by Gasteiger charge is 2.67. The van der Waals surface area contributed by atoms with Gasteiger partial charge >= 0.3 is 5.97 Å². The van der Waals surface area contributed by atoms with Crippen LogP contribution in [0.1, 0.15) is 72.1 Å². The van der Waals surface area contributed by atoms with Gasteiger partial charge in [0.2, 0.25) is 0 Å². The second-order valence-corrected chi connectivity index (χ2v) is 10.5. The Balaban J connectivity index is 1.62. The monoisotopic (exact) mass is 406 g/mol. The molecule has 0 heterocycles. The van der Waals surface area contributed by atoms with Crippen LogP contribution in [0.15, 0.2) is 11.6 Å². The number of methoxy groups -OCH3 is 1. The standard InChI is InChI=1S/C24H38O5/c1-5-29-16-8-11-22(2)15(14-16)6-7-17-18(22)9-12-23(3)19(17)10-13-24(23,27)20(28-4)21(25)26/h6,16-20,27H,5,7-14H2,1-4H3,(H,25,26)/t16?,17-,18+,19+,20?,22+,23+,24+/m1/s1. The lowest BCUT2D eigenvalue weighted by Gasteiger charge is -2.59. The van der Waals surface area contributed by atoms with Crippen LogP contribution in [0.5, 0.6) is 0 Å². The smallest absolute Gasteiger partial charge is 0.335 e. The third-order valence-corrected chi connectivity index (χ3v) is 9.57. The third-order valence-electron chi connectivity index (χ3n) is 9.57. The van der Waals surface area contributed by atoms with E-state index in [0.717, 1.165) is 45.1 Å². The molecular formula is C24H38O5. The van der Waals surface area contributed by atoms with Crippen LogP contribution < -0.4 is 0 Å². The van der Waals surface area contributed by atoms with Crippen LogP contribution in [-0.2, 0) is 14.3 Å². The molecule has 4 rings (SSSR count). The fraction of sp³-hybridized carbons (Fsp3) is 0.875. The number of carboxylic acid groups (broad SMARTS) is 1. The molecule has 0 spiro atoms. The summed E-state index contributed by atoms with van der Waals surface area (Å²) in [7, 11) is 1.41. The van der Waals surface area contributed by atoms with E-state index in [1.165, 1.54) is 13.5 Å². The van der Waals surface area contributed by atoms with Crippen molar-refractivity contribution in [1.29, 1.82) is 0 Å². The number of carbonyl (C=O) groups is 1. The summed E-state index contributed by atoms with van der Waals surface area (Å²) in [6.45, 7) is 7.44. The van der Waals surface area contributed by atoms with E-state index in [2.05, 4.69) is 26.8 Å². The largest absolute Gasteiger partial charge is 0.479 e. The van der Waals surface area contributed by atoms with E-state index in [0.29, 0.717) is 30.3 Å². The fourth-order valence-corrected chi connectivity index (χ4v) is 7.99. The minimum Gasteiger partial charge on any atom is -0.479 e.